The molecule has 1 aliphatic heterocycles. The van der Waals surface area contributed by atoms with E-state index in [0.717, 1.165) is 19.1 Å². The highest BCUT2D eigenvalue weighted by Gasteiger charge is 2.29. The molecule has 0 atom stereocenters. The Bertz CT molecular complexity index is 119. The first kappa shape index (κ1) is 8.47. The molecule has 3 heteroatoms. The minimum absolute atomic E-state index is 0.348. The van der Waals surface area contributed by atoms with Crippen LogP contribution >= 0.6 is 23.5 Å². The summed E-state index contributed by atoms with van der Waals surface area (Å²) in [6.45, 7) is 2.23. The van der Waals surface area contributed by atoms with E-state index in [-0.39, 0.29) is 0 Å². The second-order valence-corrected chi connectivity index (χ2v) is 5.99. The Balaban J connectivity index is 2.28. The number of carbonyl (C=O) groups excluding carboxylic acids is 1. The summed E-state index contributed by atoms with van der Waals surface area (Å²) < 4.78 is 0.348. The first-order valence-corrected chi connectivity index (χ1v) is 5.45. The van der Waals surface area contributed by atoms with Gasteiger partial charge in [0.1, 0.15) is 6.29 Å². The molecule has 1 nitrogen and oxygen atoms in total. The van der Waals surface area contributed by atoms with Crippen molar-refractivity contribution in [3.05, 3.63) is 0 Å². The van der Waals surface area contributed by atoms with Crippen molar-refractivity contribution in [3.8, 4) is 0 Å². The van der Waals surface area contributed by atoms with E-state index in [1.807, 2.05) is 23.5 Å². The highest BCUT2D eigenvalue weighted by molar-refractivity contribution is 8.21. The van der Waals surface area contributed by atoms with Crippen LogP contribution in [0.4, 0.5) is 0 Å². The van der Waals surface area contributed by atoms with Crippen LogP contribution in [0.1, 0.15) is 19.8 Å². The Labute approximate surface area is 70.3 Å². The van der Waals surface area contributed by atoms with Crippen LogP contribution in [0.5, 0.6) is 0 Å². The van der Waals surface area contributed by atoms with E-state index in [1.165, 1.54) is 11.5 Å². The van der Waals surface area contributed by atoms with E-state index < -0.39 is 0 Å². The van der Waals surface area contributed by atoms with Crippen molar-refractivity contribution >= 4 is 29.8 Å². The first-order valence-electron chi connectivity index (χ1n) is 3.48. The van der Waals surface area contributed by atoms with Crippen molar-refractivity contribution in [1.82, 2.24) is 0 Å². The van der Waals surface area contributed by atoms with Crippen molar-refractivity contribution in [2.45, 2.75) is 23.8 Å². The van der Waals surface area contributed by atoms with Crippen molar-refractivity contribution in [2.75, 3.05) is 11.5 Å². The second kappa shape index (κ2) is 3.67. The SMILES string of the molecule is CC1(CCC=O)SCCS1. The van der Waals surface area contributed by atoms with Gasteiger partial charge in [0.2, 0.25) is 0 Å². The molecular weight excluding hydrogens is 164 g/mol. The molecule has 0 aromatic heterocycles. The fourth-order valence-corrected chi connectivity index (χ4v) is 3.91. The van der Waals surface area contributed by atoms with E-state index in [1.54, 1.807) is 0 Å². The van der Waals surface area contributed by atoms with Gasteiger partial charge in [-0.25, -0.2) is 0 Å². The third-order valence-corrected chi connectivity index (χ3v) is 5.03. The van der Waals surface area contributed by atoms with Crippen LogP contribution in [0.3, 0.4) is 0 Å². The number of rotatable bonds is 3. The van der Waals surface area contributed by atoms with E-state index in [2.05, 4.69) is 6.92 Å². The minimum Gasteiger partial charge on any atom is -0.303 e. The van der Waals surface area contributed by atoms with Crippen molar-refractivity contribution < 1.29 is 4.79 Å². The Morgan fingerprint density at radius 3 is 2.60 bits per heavy atom. The van der Waals surface area contributed by atoms with E-state index >= 15 is 0 Å². The van der Waals surface area contributed by atoms with Gasteiger partial charge >= 0.3 is 0 Å². The molecule has 1 aliphatic rings. The molecular formula is C7H12OS2. The summed E-state index contributed by atoms with van der Waals surface area (Å²) in [7, 11) is 0. The average molecular weight is 176 g/mol. The lowest BCUT2D eigenvalue weighted by Gasteiger charge is -2.19. The molecule has 0 amide bonds. The number of carbonyl (C=O) groups is 1. The van der Waals surface area contributed by atoms with Crippen LogP contribution in [0.15, 0.2) is 0 Å². The maximum Gasteiger partial charge on any atom is 0.120 e. The predicted octanol–water partition coefficient (Wildman–Crippen LogP) is 2.16. The zero-order valence-corrected chi connectivity index (χ0v) is 7.76. The third-order valence-electron chi connectivity index (χ3n) is 1.61. The van der Waals surface area contributed by atoms with Gasteiger partial charge in [0.25, 0.3) is 0 Å². The quantitative estimate of drug-likeness (QED) is 0.613. The van der Waals surface area contributed by atoms with Crippen LogP contribution < -0.4 is 0 Å². The fraction of sp³-hybridized carbons (Fsp3) is 0.857. The summed E-state index contributed by atoms with van der Waals surface area (Å²) >= 11 is 3.98. The van der Waals surface area contributed by atoms with Crippen LogP contribution in [0.25, 0.3) is 0 Å². The van der Waals surface area contributed by atoms with Gasteiger partial charge in [-0.3, -0.25) is 0 Å². The lowest BCUT2D eigenvalue weighted by Crippen LogP contribution is -2.10. The zero-order valence-electron chi connectivity index (χ0n) is 6.13. The largest absolute Gasteiger partial charge is 0.303 e. The van der Waals surface area contributed by atoms with Crippen LogP contribution in [0.2, 0.25) is 0 Å². The van der Waals surface area contributed by atoms with E-state index in [4.69, 9.17) is 0 Å². The van der Waals surface area contributed by atoms with Crippen molar-refractivity contribution in [2.24, 2.45) is 0 Å². The number of aldehydes is 1. The Hall–Kier alpha value is 0.370. The molecule has 58 valence electrons. The average Bonchev–Trinajstić information content (AvgIpc) is 2.33. The summed E-state index contributed by atoms with van der Waals surface area (Å²) in [4.78, 5) is 10.1. The molecule has 1 saturated heterocycles. The van der Waals surface area contributed by atoms with Gasteiger partial charge in [-0.1, -0.05) is 0 Å². The molecule has 10 heavy (non-hydrogen) atoms. The number of thioether (sulfide) groups is 2. The Morgan fingerprint density at radius 1 is 1.50 bits per heavy atom. The summed E-state index contributed by atoms with van der Waals surface area (Å²) in [5, 5.41) is 0. The van der Waals surface area contributed by atoms with Gasteiger partial charge in [-0.05, 0) is 13.3 Å². The van der Waals surface area contributed by atoms with Gasteiger partial charge in [-0.15, -0.1) is 23.5 Å². The normalized spacial score (nSPS) is 22.9. The standard InChI is InChI=1S/C7H12OS2/c1-7(3-2-4-8)9-5-6-10-7/h4H,2-3,5-6H2,1H3. The highest BCUT2D eigenvalue weighted by Crippen LogP contribution is 2.46. The zero-order chi connectivity index (χ0) is 7.45. The summed E-state index contributed by atoms with van der Waals surface area (Å²) in [5.74, 6) is 2.50. The molecule has 0 unspecified atom stereocenters. The molecule has 1 rings (SSSR count). The van der Waals surface area contributed by atoms with Crippen molar-refractivity contribution in [1.29, 1.82) is 0 Å². The van der Waals surface area contributed by atoms with Crippen LogP contribution in [-0.4, -0.2) is 21.9 Å². The lowest BCUT2D eigenvalue weighted by atomic mass is 10.2. The maximum atomic E-state index is 10.1. The van der Waals surface area contributed by atoms with E-state index in [0.29, 0.717) is 4.08 Å². The molecule has 0 radical (unpaired) electrons. The molecule has 0 saturated carbocycles. The van der Waals surface area contributed by atoms with Gasteiger partial charge < -0.3 is 4.79 Å². The molecule has 0 N–H and O–H groups in total. The Kier molecular flexibility index (Phi) is 3.11. The van der Waals surface area contributed by atoms with Gasteiger partial charge in [0.15, 0.2) is 0 Å². The fourth-order valence-electron chi connectivity index (χ4n) is 1.02. The van der Waals surface area contributed by atoms with Crippen LogP contribution in [0, 0.1) is 0 Å². The minimum atomic E-state index is 0.348. The third kappa shape index (κ3) is 2.20. The number of hydrogen-bond donors (Lipinski definition) is 0. The lowest BCUT2D eigenvalue weighted by molar-refractivity contribution is -0.107. The molecule has 0 bridgehead atoms. The predicted molar refractivity (Wildman–Crippen MR) is 48.6 cm³/mol. The van der Waals surface area contributed by atoms with Crippen molar-refractivity contribution in [3.63, 3.8) is 0 Å². The highest BCUT2D eigenvalue weighted by atomic mass is 32.2. The number of hydrogen-bond acceptors (Lipinski definition) is 3. The molecule has 0 spiro atoms. The second-order valence-electron chi connectivity index (χ2n) is 2.54. The maximum absolute atomic E-state index is 10.1. The van der Waals surface area contributed by atoms with Gasteiger partial charge in [0, 0.05) is 17.9 Å². The van der Waals surface area contributed by atoms with E-state index in [9.17, 15) is 4.79 Å². The molecule has 0 aromatic carbocycles. The smallest absolute Gasteiger partial charge is 0.120 e. The topological polar surface area (TPSA) is 17.1 Å². The summed E-state index contributed by atoms with van der Waals surface area (Å²) in [6, 6.07) is 0. The molecule has 0 aliphatic carbocycles. The van der Waals surface area contributed by atoms with Gasteiger partial charge in [0.05, 0.1) is 4.08 Å². The first-order chi connectivity index (χ1) is 4.77. The molecule has 0 aromatic rings. The Morgan fingerprint density at radius 2 is 2.10 bits per heavy atom. The van der Waals surface area contributed by atoms with Gasteiger partial charge in [-0.2, -0.15) is 0 Å². The summed E-state index contributed by atoms with van der Waals surface area (Å²) in [6.07, 6.45) is 2.77. The van der Waals surface area contributed by atoms with Crippen LogP contribution in [-0.2, 0) is 4.79 Å². The molecule has 1 heterocycles. The summed E-state index contributed by atoms with van der Waals surface area (Å²) in [5.41, 5.74) is 0. The molecule has 1 fully saturated rings. The monoisotopic (exact) mass is 176 g/mol.